The molecule has 0 amide bonds. The molecule has 152 valence electrons. The van der Waals surface area contributed by atoms with Gasteiger partial charge in [-0.1, -0.05) is 22.6 Å². The van der Waals surface area contributed by atoms with Crippen LogP contribution in [0.5, 0.6) is 0 Å². The molecule has 0 aromatic carbocycles. The van der Waals surface area contributed by atoms with Gasteiger partial charge >= 0.3 is 15.2 Å². The summed E-state index contributed by atoms with van der Waals surface area (Å²) in [6, 6.07) is 0. The number of nitrogens with zero attached hydrogens (tertiary/aromatic N) is 2. The minimum Gasteiger partial charge on any atom is -0.309 e. The van der Waals surface area contributed by atoms with E-state index in [1.54, 1.807) is 25.7 Å². The van der Waals surface area contributed by atoms with Crippen LogP contribution in [0, 0.1) is 0 Å². The molecule has 25 heavy (non-hydrogen) atoms. The zero-order chi connectivity index (χ0) is 19.3. The van der Waals surface area contributed by atoms with Crippen molar-refractivity contribution in [1.82, 2.24) is 9.80 Å². The molecule has 1 unspecified atom stereocenters. The van der Waals surface area contributed by atoms with Crippen LogP contribution in [0.25, 0.3) is 0 Å². The van der Waals surface area contributed by atoms with Crippen LogP contribution in [0.3, 0.4) is 0 Å². The average molecular weight is 514 g/mol. The first-order chi connectivity index (χ1) is 11.7. The number of halogens is 1. The first-order valence-electron chi connectivity index (χ1n) is 8.43. The molecule has 0 heterocycles. The molecule has 0 aromatic rings. The lowest BCUT2D eigenvalue weighted by atomic mass is 10.4. The lowest BCUT2D eigenvalue weighted by Crippen LogP contribution is -2.31. The summed E-state index contributed by atoms with van der Waals surface area (Å²) in [5.74, 6) is 0. The SMILES string of the molecule is CCOP(=O)(CN(CCCN(C)C)CP(=O)(OCC)OCI)OCC. The van der Waals surface area contributed by atoms with Crippen LogP contribution in [0.2, 0.25) is 0 Å². The maximum atomic E-state index is 12.9. The van der Waals surface area contributed by atoms with Gasteiger partial charge < -0.3 is 18.5 Å². The number of hydrogen-bond donors (Lipinski definition) is 0. The van der Waals surface area contributed by atoms with Crippen LogP contribution in [-0.2, 0) is 27.2 Å². The fourth-order valence-electron chi connectivity index (χ4n) is 2.19. The highest BCUT2D eigenvalue weighted by Gasteiger charge is 2.33. The Balaban J connectivity index is 5.17. The van der Waals surface area contributed by atoms with Gasteiger partial charge in [0.15, 0.2) is 0 Å². The van der Waals surface area contributed by atoms with Crippen molar-refractivity contribution in [3.05, 3.63) is 0 Å². The summed E-state index contributed by atoms with van der Waals surface area (Å²) in [7, 11) is -2.60. The normalized spacial score (nSPS) is 15.0. The third-order valence-electron chi connectivity index (χ3n) is 3.05. The molecule has 1 atom stereocenters. The molecule has 0 saturated heterocycles. The summed E-state index contributed by atoms with van der Waals surface area (Å²) >= 11 is 1.99. The predicted molar refractivity (Wildman–Crippen MR) is 110 cm³/mol. The molecule has 0 aromatic heterocycles. The topological polar surface area (TPSA) is 77.5 Å². The van der Waals surface area contributed by atoms with Gasteiger partial charge in [-0.3, -0.25) is 18.6 Å². The van der Waals surface area contributed by atoms with Gasteiger partial charge in [0, 0.05) is 6.54 Å². The molecule has 0 aliphatic carbocycles. The van der Waals surface area contributed by atoms with E-state index in [-0.39, 0.29) is 37.0 Å². The fraction of sp³-hybridized carbons (Fsp3) is 1.00. The van der Waals surface area contributed by atoms with Gasteiger partial charge in [-0.2, -0.15) is 0 Å². The highest BCUT2D eigenvalue weighted by molar-refractivity contribution is 14.1. The predicted octanol–water partition coefficient (Wildman–Crippen LogP) is 4.06. The molecule has 0 aliphatic rings. The van der Waals surface area contributed by atoms with Crippen molar-refractivity contribution in [2.75, 3.05) is 64.2 Å². The highest BCUT2D eigenvalue weighted by Crippen LogP contribution is 2.53. The third-order valence-corrected chi connectivity index (χ3v) is 7.82. The molecule has 8 nitrogen and oxygen atoms in total. The fourth-order valence-corrected chi connectivity index (χ4v) is 6.89. The molecule has 0 aliphatic heterocycles. The lowest BCUT2D eigenvalue weighted by molar-refractivity contribution is 0.188. The Kier molecular flexibility index (Phi) is 14.6. The largest absolute Gasteiger partial charge is 0.345 e. The van der Waals surface area contributed by atoms with Gasteiger partial charge in [0.25, 0.3) is 0 Å². The van der Waals surface area contributed by atoms with Crippen LogP contribution < -0.4 is 0 Å². The van der Waals surface area contributed by atoms with Crippen LogP contribution in [0.4, 0.5) is 0 Å². The standard InChI is InChI=1S/C14H33IN2O6P2/c1-6-20-24(18,21-7-2)13-17(11-9-10-16(4)5)14-25(19,22-8-3)23-12-15/h6-14H2,1-5H3. The van der Waals surface area contributed by atoms with E-state index in [4.69, 9.17) is 18.1 Å². The van der Waals surface area contributed by atoms with Gasteiger partial charge in [-0.15, -0.1) is 0 Å². The average Bonchev–Trinajstić information content (AvgIpc) is 2.47. The van der Waals surface area contributed by atoms with Crippen molar-refractivity contribution < 1.29 is 27.2 Å². The summed E-state index contributed by atoms with van der Waals surface area (Å²) in [5.41, 5.74) is 0. The van der Waals surface area contributed by atoms with Crippen molar-refractivity contribution in [2.24, 2.45) is 0 Å². The maximum Gasteiger partial charge on any atom is 0.345 e. The number of alkyl halides is 1. The van der Waals surface area contributed by atoms with Crippen molar-refractivity contribution >= 4 is 37.8 Å². The molecule has 0 rings (SSSR count). The molecule has 0 saturated carbocycles. The second-order valence-corrected chi connectivity index (χ2v) is 10.2. The smallest absolute Gasteiger partial charge is 0.309 e. The molecular weight excluding hydrogens is 481 g/mol. The third kappa shape index (κ3) is 12.1. The van der Waals surface area contributed by atoms with Gasteiger partial charge in [0.1, 0.15) is 17.2 Å². The minimum absolute atomic E-state index is 0.0570. The van der Waals surface area contributed by atoms with E-state index in [0.717, 1.165) is 13.0 Å². The van der Waals surface area contributed by atoms with Gasteiger partial charge in [-0.25, -0.2) is 0 Å². The maximum absolute atomic E-state index is 12.9. The summed E-state index contributed by atoms with van der Waals surface area (Å²) in [6.45, 7) is 7.62. The minimum atomic E-state index is -3.29. The number of hydrogen-bond acceptors (Lipinski definition) is 8. The Morgan fingerprint density at radius 2 is 1.24 bits per heavy atom. The Labute approximate surface area is 166 Å². The summed E-state index contributed by atoms with van der Waals surface area (Å²) in [5, 5.41) is 0. The molecule has 0 radical (unpaired) electrons. The molecule has 0 spiro atoms. The molecular formula is C14H33IN2O6P2. The van der Waals surface area contributed by atoms with Crippen molar-refractivity contribution in [1.29, 1.82) is 0 Å². The quantitative estimate of drug-likeness (QED) is 0.174. The Hall–Kier alpha value is 0.950. The van der Waals surface area contributed by atoms with Crippen molar-refractivity contribution in [2.45, 2.75) is 27.2 Å². The van der Waals surface area contributed by atoms with Crippen molar-refractivity contribution in [3.8, 4) is 0 Å². The Morgan fingerprint density at radius 3 is 1.60 bits per heavy atom. The van der Waals surface area contributed by atoms with Crippen molar-refractivity contribution in [3.63, 3.8) is 0 Å². The van der Waals surface area contributed by atoms with Crippen LogP contribution in [0.1, 0.15) is 27.2 Å². The van der Waals surface area contributed by atoms with E-state index in [9.17, 15) is 9.13 Å². The van der Waals surface area contributed by atoms with Gasteiger partial charge in [0.2, 0.25) is 0 Å². The van der Waals surface area contributed by atoms with Gasteiger partial charge in [-0.05, 0) is 47.8 Å². The molecule has 0 fully saturated rings. The van der Waals surface area contributed by atoms with Crippen LogP contribution >= 0.6 is 37.8 Å². The first-order valence-corrected chi connectivity index (χ1v) is 13.4. The molecule has 0 N–H and O–H groups in total. The van der Waals surface area contributed by atoms with E-state index in [1.165, 1.54) is 0 Å². The number of rotatable bonds is 16. The summed E-state index contributed by atoms with van der Waals surface area (Å²) in [6.07, 6.45) is 0.937. The second kappa shape index (κ2) is 14.0. The van der Waals surface area contributed by atoms with E-state index < -0.39 is 15.2 Å². The van der Waals surface area contributed by atoms with E-state index in [0.29, 0.717) is 6.54 Å². The van der Waals surface area contributed by atoms with E-state index in [1.807, 2.05) is 36.7 Å². The zero-order valence-corrected chi connectivity index (χ0v) is 19.9. The highest BCUT2D eigenvalue weighted by atomic mass is 127. The monoisotopic (exact) mass is 514 g/mol. The first kappa shape index (κ1) is 26.0. The molecule has 0 bridgehead atoms. The van der Waals surface area contributed by atoms with E-state index in [2.05, 4.69) is 4.90 Å². The van der Waals surface area contributed by atoms with Gasteiger partial charge in [0.05, 0.1) is 19.8 Å². The Bertz CT molecular complexity index is 390. The second-order valence-electron chi connectivity index (χ2n) is 5.55. The van der Waals surface area contributed by atoms with Crippen LogP contribution in [-0.4, -0.2) is 74.0 Å². The summed E-state index contributed by atoms with van der Waals surface area (Å²) in [4.78, 5) is 3.87. The lowest BCUT2D eigenvalue weighted by Gasteiger charge is -2.29. The Morgan fingerprint density at radius 1 is 0.800 bits per heavy atom. The van der Waals surface area contributed by atoms with E-state index >= 15 is 0 Å². The molecule has 11 heteroatoms. The van der Waals surface area contributed by atoms with Crippen LogP contribution in [0.15, 0.2) is 0 Å². The zero-order valence-electron chi connectivity index (χ0n) is 16.0. The summed E-state index contributed by atoms with van der Waals surface area (Å²) < 4.78 is 47.4.